The lowest BCUT2D eigenvalue weighted by molar-refractivity contribution is -0.167. The molecule has 2 unspecified atom stereocenters. The molecule has 2 aromatic heterocycles. The number of aryl methyl sites for hydroxylation is 2. The second kappa shape index (κ2) is 11.2. The molecule has 230 valence electrons. The van der Waals surface area contributed by atoms with Crippen LogP contribution in [-0.4, -0.2) is 75.0 Å². The van der Waals surface area contributed by atoms with Crippen LogP contribution < -0.4 is 20.9 Å². The number of nitrogens with two attached hydrogens (primary N) is 1. The third-order valence-corrected chi connectivity index (χ3v) is 8.33. The number of hydrogen-bond acceptors (Lipinski definition) is 11. The molecule has 16 heteroatoms. The van der Waals surface area contributed by atoms with Gasteiger partial charge in [-0.25, -0.2) is 4.90 Å². The summed E-state index contributed by atoms with van der Waals surface area (Å²) in [4.78, 5) is 80.3. The van der Waals surface area contributed by atoms with Crippen LogP contribution in [0.15, 0.2) is 42.5 Å². The summed E-state index contributed by atoms with van der Waals surface area (Å²) < 4.78 is 17.0. The summed E-state index contributed by atoms with van der Waals surface area (Å²) in [7, 11) is 1.72. The highest BCUT2D eigenvalue weighted by molar-refractivity contribution is 7.14. The van der Waals surface area contributed by atoms with Crippen LogP contribution in [-0.2, 0) is 30.9 Å². The molecule has 5 amide bonds. The number of carbonyl (C=O) groups excluding carboxylic acids is 6. The van der Waals surface area contributed by atoms with Crippen LogP contribution in [0.3, 0.4) is 0 Å². The zero-order chi connectivity index (χ0) is 32.2. The van der Waals surface area contributed by atoms with Gasteiger partial charge in [-0.05, 0) is 42.7 Å². The van der Waals surface area contributed by atoms with Crippen LogP contribution in [0.4, 0.5) is 17.3 Å². The Kier molecular flexibility index (Phi) is 7.38. The predicted molar refractivity (Wildman–Crippen MR) is 160 cm³/mol. The van der Waals surface area contributed by atoms with E-state index in [0.717, 1.165) is 29.1 Å². The molecule has 4 heterocycles. The van der Waals surface area contributed by atoms with Crippen molar-refractivity contribution in [2.45, 2.75) is 26.1 Å². The molecule has 1 saturated heterocycles. The molecular formula is C29H25N7O8S. The maximum atomic E-state index is 13.6. The Morgan fingerprint density at radius 3 is 2.40 bits per heavy atom. The van der Waals surface area contributed by atoms with Gasteiger partial charge in [0.2, 0.25) is 6.10 Å². The second-order valence-corrected chi connectivity index (χ2v) is 11.1. The molecular weight excluding hydrogens is 606 g/mol. The standard InChI is InChI=1S/C29H25N7O8S/c1-13-12-19(32-34(13)3)35-10-11-43-22(29(35)42)21(44-14(2)37)26(39)31-18-9-8-17-23(20(18)24(30)38)45-33-25(17)36-27(40)15-6-4-5-7-16(15)28(36)41/h4-9,12,21-22H,10-11H2,1-3H3,(H2,30,38)(H,31,39). The van der Waals surface area contributed by atoms with Crippen LogP contribution in [0.5, 0.6) is 0 Å². The molecule has 15 nitrogen and oxygen atoms in total. The van der Waals surface area contributed by atoms with E-state index in [-0.39, 0.29) is 51.4 Å². The SMILES string of the molecule is CC(=O)OC(C(=O)Nc1ccc2c(N3C(=O)c4ccccc4C3=O)nsc2c1C(N)=O)C1OCCN(c2cc(C)n(C)n2)C1=O. The summed E-state index contributed by atoms with van der Waals surface area (Å²) in [6, 6.07) is 10.8. The smallest absolute Gasteiger partial charge is 0.303 e. The lowest BCUT2D eigenvalue weighted by atomic mass is 10.1. The first-order valence-electron chi connectivity index (χ1n) is 13.6. The van der Waals surface area contributed by atoms with Crippen molar-refractivity contribution in [3.8, 4) is 0 Å². The quantitative estimate of drug-likeness (QED) is 0.223. The number of imide groups is 1. The lowest BCUT2D eigenvalue weighted by Gasteiger charge is -2.34. The van der Waals surface area contributed by atoms with E-state index < -0.39 is 47.7 Å². The first kappa shape index (κ1) is 29.6. The van der Waals surface area contributed by atoms with E-state index >= 15 is 0 Å². The molecule has 2 aliphatic rings. The molecule has 0 bridgehead atoms. The number of amides is 5. The van der Waals surface area contributed by atoms with Gasteiger partial charge >= 0.3 is 5.97 Å². The van der Waals surface area contributed by atoms with E-state index in [1.807, 2.05) is 6.92 Å². The fourth-order valence-electron chi connectivity index (χ4n) is 5.24. The topological polar surface area (TPSA) is 196 Å². The largest absolute Gasteiger partial charge is 0.449 e. The zero-order valence-corrected chi connectivity index (χ0v) is 24.9. The summed E-state index contributed by atoms with van der Waals surface area (Å²) >= 11 is 0.800. The molecule has 1 fully saturated rings. The Labute approximate surface area is 258 Å². The number of nitrogens with zero attached hydrogens (tertiary/aromatic N) is 5. The fourth-order valence-corrected chi connectivity index (χ4v) is 6.16. The molecule has 2 atom stereocenters. The van der Waals surface area contributed by atoms with Crippen LogP contribution in [0, 0.1) is 6.92 Å². The molecule has 0 aliphatic carbocycles. The second-order valence-electron chi connectivity index (χ2n) is 10.3. The number of esters is 1. The molecule has 0 spiro atoms. The van der Waals surface area contributed by atoms with Crippen molar-refractivity contribution >= 4 is 74.4 Å². The van der Waals surface area contributed by atoms with Crippen molar-refractivity contribution in [2.75, 3.05) is 28.3 Å². The molecule has 2 aromatic carbocycles. The van der Waals surface area contributed by atoms with Gasteiger partial charge < -0.3 is 20.5 Å². The number of nitrogens with one attached hydrogen (secondary N) is 1. The molecule has 0 saturated carbocycles. The summed E-state index contributed by atoms with van der Waals surface area (Å²) in [5, 5.41) is 7.12. The van der Waals surface area contributed by atoms with Crippen molar-refractivity contribution in [1.82, 2.24) is 14.2 Å². The van der Waals surface area contributed by atoms with Gasteiger partial charge in [0, 0.05) is 31.1 Å². The first-order chi connectivity index (χ1) is 21.5. The number of morpholine rings is 1. The molecule has 45 heavy (non-hydrogen) atoms. The number of anilines is 3. The van der Waals surface area contributed by atoms with Gasteiger partial charge in [0.25, 0.3) is 29.5 Å². The molecule has 3 N–H and O–H groups in total. The van der Waals surface area contributed by atoms with E-state index in [4.69, 9.17) is 15.2 Å². The minimum absolute atomic E-state index is 0.00502. The molecule has 0 radical (unpaired) electrons. The highest BCUT2D eigenvalue weighted by Crippen LogP contribution is 2.38. The predicted octanol–water partition coefficient (Wildman–Crippen LogP) is 1.54. The van der Waals surface area contributed by atoms with E-state index in [9.17, 15) is 28.8 Å². The number of carbonyl (C=O) groups is 6. The Morgan fingerprint density at radius 2 is 1.80 bits per heavy atom. The minimum atomic E-state index is -1.74. The normalized spacial score (nSPS) is 17.0. The Morgan fingerprint density at radius 1 is 1.11 bits per heavy atom. The summed E-state index contributed by atoms with van der Waals surface area (Å²) in [6.45, 7) is 3.07. The van der Waals surface area contributed by atoms with Gasteiger partial charge in [0.15, 0.2) is 17.7 Å². The minimum Gasteiger partial charge on any atom is -0.449 e. The van der Waals surface area contributed by atoms with Crippen molar-refractivity contribution < 1.29 is 38.2 Å². The van der Waals surface area contributed by atoms with Crippen LogP contribution in [0.1, 0.15) is 43.7 Å². The number of ether oxygens (including phenoxy) is 2. The van der Waals surface area contributed by atoms with Crippen molar-refractivity contribution in [3.63, 3.8) is 0 Å². The van der Waals surface area contributed by atoms with E-state index in [2.05, 4.69) is 14.8 Å². The highest BCUT2D eigenvalue weighted by Gasteiger charge is 2.44. The van der Waals surface area contributed by atoms with Crippen molar-refractivity contribution in [1.29, 1.82) is 0 Å². The Hall–Kier alpha value is -5.48. The van der Waals surface area contributed by atoms with Gasteiger partial charge in [-0.15, -0.1) is 0 Å². The molecule has 6 rings (SSSR count). The third-order valence-electron chi connectivity index (χ3n) is 7.46. The maximum Gasteiger partial charge on any atom is 0.303 e. The number of hydrogen-bond donors (Lipinski definition) is 2. The van der Waals surface area contributed by atoms with E-state index in [1.165, 1.54) is 29.2 Å². The lowest BCUT2D eigenvalue weighted by Crippen LogP contribution is -2.56. The summed E-state index contributed by atoms with van der Waals surface area (Å²) in [5.74, 6) is -4.21. The molecule has 2 aliphatic heterocycles. The van der Waals surface area contributed by atoms with Crippen LogP contribution in [0.25, 0.3) is 10.1 Å². The third kappa shape index (κ3) is 4.98. The number of fused-ring (bicyclic) bond motifs is 2. The molecule has 4 aromatic rings. The van der Waals surface area contributed by atoms with Crippen molar-refractivity contribution in [2.24, 2.45) is 12.8 Å². The Balaban J connectivity index is 1.32. The monoisotopic (exact) mass is 631 g/mol. The van der Waals surface area contributed by atoms with Gasteiger partial charge in [-0.2, -0.15) is 9.47 Å². The fraction of sp³-hybridized carbons (Fsp3) is 0.241. The maximum absolute atomic E-state index is 13.6. The zero-order valence-electron chi connectivity index (χ0n) is 24.1. The van der Waals surface area contributed by atoms with E-state index in [0.29, 0.717) is 5.82 Å². The van der Waals surface area contributed by atoms with E-state index in [1.54, 1.807) is 29.9 Å². The van der Waals surface area contributed by atoms with Gasteiger partial charge in [-0.1, -0.05) is 12.1 Å². The number of rotatable bonds is 7. The van der Waals surface area contributed by atoms with Crippen LogP contribution in [0.2, 0.25) is 0 Å². The number of primary amides is 1. The summed E-state index contributed by atoms with van der Waals surface area (Å²) in [5.41, 5.74) is 6.71. The van der Waals surface area contributed by atoms with Gasteiger partial charge in [0.1, 0.15) is 0 Å². The Bertz CT molecular complexity index is 1890. The average molecular weight is 632 g/mol. The van der Waals surface area contributed by atoms with Crippen LogP contribution >= 0.6 is 11.5 Å². The van der Waals surface area contributed by atoms with Gasteiger partial charge in [-0.3, -0.25) is 38.3 Å². The highest BCUT2D eigenvalue weighted by atomic mass is 32.1. The van der Waals surface area contributed by atoms with Gasteiger partial charge in [0.05, 0.1) is 40.2 Å². The van der Waals surface area contributed by atoms with Crippen molar-refractivity contribution in [3.05, 3.63) is 64.8 Å². The number of aromatic nitrogens is 3. The number of benzene rings is 2. The first-order valence-corrected chi connectivity index (χ1v) is 14.4. The summed E-state index contributed by atoms with van der Waals surface area (Å²) in [6.07, 6.45) is -3.26. The average Bonchev–Trinajstić information content (AvgIpc) is 3.64.